The van der Waals surface area contributed by atoms with Gasteiger partial charge >= 0.3 is 0 Å². The molecule has 6 heteroatoms. The van der Waals surface area contributed by atoms with Crippen molar-refractivity contribution < 1.29 is 13.2 Å². The van der Waals surface area contributed by atoms with E-state index in [1.54, 1.807) is 42.5 Å². The summed E-state index contributed by atoms with van der Waals surface area (Å²) < 4.78 is 33.9. The Kier molecular flexibility index (Phi) is 6.39. The van der Waals surface area contributed by atoms with Crippen LogP contribution >= 0.6 is 11.6 Å². The lowest BCUT2D eigenvalue weighted by Crippen LogP contribution is -2.30. The van der Waals surface area contributed by atoms with Crippen LogP contribution in [0.3, 0.4) is 0 Å². The first-order chi connectivity index (χ1) is 13.5. The quantitative estimate of drug-likeness (QED) is 0.471. The second-order valence-corrected chi connectivity index (χ2v) is 8.31. The molecule has 144 valence electrons. The summed E-state index contributed by atoms with van der Waals surface area (Å²) in [6, 6.07) is 22.5. The van der Waals surface area contributed by atoms with Crippen LogP contribution in [0.25, 0.3) is 0 Å². The lowest BCUT2D eigenvalue weighted by atomic mass is 10.2. The zero-order chi connectivity index (χ0) is 20.0. The molecule has 0 unspecified atom stereocenters. The Bertz CT molecular complexity index is 1030. The average molecular weight is 414 g/mol. The highest BCUT2D eigenvalue weighted by Crippen LogP contribution is 2.29. The van der Waals surface area contributed by atoms with Crippen LogP contribution in [0.15, 0.2) is 96.4 Å². The number of para-hydroxylation sites is 2. The molecule has 0 atom stereocenters. The average Bonchev–Trinajstić information content (AvgIpc) is 2.72. The van der Waals surface area contributed by atoms with Crippen molar-refractivity contribution >= 4 is 27.3 Å². The molecule has 0 bridgehead atoms. The van der Waals surface area contributed by atoms with Crippen LogP contribution in [-0.2, 0) is 16.6 Å². The van der Waals surface area contributed by atoms with E-state index in [1.165, 1.54) is 16.4 Å². The maximum absolute atomic E-state index is 13.4. The number of nitrogens with zero attached hydrogens (tertiary/aromatic N) is 1. The minimum atomic E-state index is -3.81. The third kappa shape index (κ3) is 4.55. The van der Waals surface area contributed by atoms with Crippen LogP contribution in [0, 0.1) is 0 Å². The van der Waals surface area contributed by atoms with Crippen molar-refractivity contribution in [1.29, 1.82) is 0 Å². The van der Waals surface area contributed by atoms with E-state index in [0.717, 1.165) is 5.56 Å². The van der Waals surface area contributed by atoms with E-state index in [9.17, 15) is 8.42 Å². The highest BCUT2D eigenvalue weighted by molar-refractivity contribution is 7.92. The van der Waals surface area contributed by atoms with Gasteiger partial charge < -0.3 is 4.74 Å². The number of halogens is 1. The minimum Gasteiger partial charge on any atom is -0.489 e. The molecule has 3 aromatic rings. The van der Waals surface area contributed by atoms with Gasteiger partial charge in [0.25, 0.3) is 10.0 Å². The molecule has 0 aliphatic carbocycles. The summed E-state index contributed by atoms with van der Waals surface area (Å²) in [5.41, 5.74) is 1.32. The van der Waals surface area contributed by atoms with Crippen LogP contribution < -0.4 is 9.04 Å². The van der Waals surface area contributed by atoms with Crippen molar-refractivity contribution in [3.05, 3.63) is 102 Å². The number of benzene rings is 3. The largest absolute Gasteiger partial charge is 0.489 e. The standard InChI is InChI=1S/C22H20ClNO3S/c1-2-16-27-22-11-7-6-8-18(22)17-24(20-9-4-3-5-10-20)28(25,26)21-14-12-19(23)13-15-21/h2-15H,1,16-17H2. The molecular weight excluding hydrogens is 394 g/mol. The molecular formula is C22H20ClNO3S. The van der Waals surface area contributed by atoms with Crippen LogP contribution in [0.4, 0.5) is 5.69 Å². The molecule has 3 rings (SSSR count). The summed E-state index contributed by atoms with van der Waals surface area (Å²) >= 11 is 5.92. The summed E-state index contributed by atoms with van der Waals surface area (Å²) in [4.78, 5) is 0.172. The minimum absolute atomic E-state index is 0.127. The monoisotopic (exact) mass is 413 g/mol. The first-order valence-corrected chi connectivity index (χ1v) is 10.5. The number of hydrogen-bond acceptors (Lipinski definition) is 3. The lowest BCUT2D eigenvalue weighted by molar-refractivity contribution is 0.359. The molecule has 0 radical (unpaired) electrons. The molecule has 0 saturated heterocycles. The van der Waals surface area contributed by atoms with Crippen molar-refractivity contribution in [3.8, 4) is 5.75 Å². The van der Waals surface area contributed by atoms with Gasteiger partial charge in [-0.3, -0.25) is 4.31 Å². The van der Waals surface area contributed by atoms with E-state index in [1.807, 2.05) is 30.3 Å². The molecule has 28 heavy (non-hydrogen) atoms. The third-order valence-corrected chi connectivity index (χ3v) is 6.13. The summed E-state index contributed by atoms with van der Waals surface area (Å²) in [7, 11) is -3.81. The van der Waals surface area contributed by atoms with E-state index >= 15 is 0 Å². The normalized spacial score (nSPS) is 11.0. The summed E-state index contributed by atoms with van der Waals surface area (Å²) in [5.74, 6) is 0.620. The fourth-order valence-electron chi connectivity index (χ4n) is 2.72. The molecule has 0 saturated carbocycles. The Morgan fingerprint density at radius 3 is 2.25 bits per heavy atom. The van der Waals surface area contributed by atoms with Crippen molar-refractivity contribution in [2.45, 2.75) is 11.4 Å². The van der Waals surface area contributed by atoms with Crippen LogP contribution in [0.5, 0.6) is 5.75 Å². The van der Waals surface area contributed by atoms with Crippen molar-refractivity contribution in [1.82, 2.24) is 0 Å². The topological polar surface area (TPSA) is 46.6 Å². The first kappa shape index (κ1) is 20.0. The van der Waals surface area contributed by atoms with E-state index in [2.05, 4.69) is 6.58 Å². The predicted molar refractivity (Wildman–Crippen MR) is 113 cm³/mol. The maximum atomic E-state index is 13.4. The molecule has 0 spiro atoms. The van der Waals surface area contributed by atoms with Gasteiger partial charge in [-0.2, -0.15) is 0 Å². The number of rotatable bonds is 8. The highest BCUT2D eigenvalue weighted by atomic mass is 35.5. The number of hydrogen-bond donors (Lipinski definition) is 0. The second-order valence-electron chi connectivity index (χ2n) is 6.01. The molecule has 0 aliphatic heterocycles. The molecule has 0 amide bonds. The van der Waals surface area contributed by atoms with Crippen LogP contribution in [-0.4, -0.2) is 15.0 Å². The van der Waals surface area contributed by atoms with E-state index in [-0.39, 0.29) is 11.4 Å². The van der Waals surface area contributed by atoms with Gasteiger partial charge in [-0.1, -0.05) is 60.7 Å². The van der Waals surface area contributed by atoms with Gasteiger partial charge in [0.05, 0.1) is 17.1 Å². The zero-order valence-corrected chi connectivity index (χ0v) is 16.7. The van der Waals surface area contributed by atoms with Crippen LogP contribution in [0.1, 0.15) is 5.56 Å². The molecule has 0 aromatic heterocycles. The SMILES string of the molecule is C=CCOc1ccccc1CN(c1ccccc1)S(=O)(=O)c1ccc(Cl)cc1. The van der Waals surface area contributed by atoms with Gasteiger partial charge in [-0.25, -0.2) is 8.42 Å². The fourth-order valence-corrected chi connectivity index (χ4v) is 4.29. The Labute approximate surface area is 170 Å². The lowest BCUT2D eigenvalue weighted by Gasteiger charge is -2.25. The number of anilines is 1. The van der Waals surface area contributed by atoms with Gasteiger partial charge in [-0.15, -0.1) is 0 Å². The van der Waals surface area contributed by atoms with E-state index in [4.69, 9.17) is 16.3 Å². The zero-order valence-electron chi connectivity index (χ0n) is 15.2. The Morgan fingerprint density at radius 1 is 0.929 bits per heavy atom. The van der Waals surface area contributed by atoms with Crippen molar-refractivity contribution in [2.24, 2.45) is 0 Å². The summed E-state index contributed by atoms with van der Waals surface area (Å²) in [5, 5.41) is 0.480. The smallest absolute Gasteiger partial charge is 0.264 e. The third-order valence-electron chi connectivity index (χ3n) is 4.09. The number of sulfonamides is 1. The fraction of sp³-hybridized carbons (Fsp3) is 0.0909. The molecule has 0 fully saturated rings. The Balaban J connectivity index is 2.04. The Hall–Kier alpha value is -2.76. The maximum Gasteiger partial charge on any atom is 0.264 e. The van der Waals surface area contributed by atoms with Gasteiger partial charge in [-0.05, 0) is 42.5 Å². The number of ether oxygens (including phenoxy) is 1. The van der Waals surface area contributed by atoms with Gasteiger partial charge in [0.15, 0.2) is 0 Å². The first-order valence-electron chi connectivity index (χ1n) is 8.67. The van der Waals surface area contributed by atoms with Gasteiger partial charge in [0.2, 0.25) is 0 Å². The van der Waals surface area contributed by atoms with Crippen molar-refractivity contribution in [2.75, 3.05) is 10.9 Å². The predicted octanol–water partition coefficient (Wildman–Crippen LogP) is 5.30. The molecule has 3 aromatic carbocycles. The second kappa shape index (κ2) is 8.95. The van der Waals surface area contributed by atoms with E-state index < -0.39 is 10.0 Å². The summed E-state index contributed by atoms with van der Waals surface area (Å²) in [6.07, 6.45) is 1.65. The molecule has 0 aliphatic rings. The molecule has 0 heterocycles. The molecule has 4 nitrogen and oxygen atoms in total. The van der Waals surface area contributed by atoms with Crippen molar-refractivity contribution in [3.63, 3.8) is 0 Å². The Morgan fingerprint density at radius 2 is 1.57 bits per heavy atom. The van der Waals surface area contributed by atoms with Gasteiger partial charge in [0, 0.05) is 10.6 Å². The molecule has 0 N–H and O–H groups in total. The summed E-state index contributed by atoms with van der Waals surface area (Å²) in [6.45, 7) is 4.12. The van der Waals surface area contributed by atoms with E-state index in [0.29, 0.717) is 23.1 Å². The highest BCUT2D eigenvalue weighted by Gasteiger charge is 2.26. The van der Waals surface area contributed by atoms with Crippen LogP contribution in [0.2, 0.25) is 5.02 Å². The van der Waals surface area contributed by atoms with Gasteiger partial charge in [0.1, 0.15) is 12.4 Å².